The predicted molar refractivity (Wildman–Crippen MR) is 108 cm³/mol. The molecule has 0 bridgehead atoms. The molecule has 0 radical (unpaired) electrons. The normalized spacial score (nSPS) is 11.2. The highest BCUT2D eigenvalue weighted by atomic mass is 79.9. The Bertz CT molecular complexity index is 987. The Labute approximate surface area is 172 Å². The van der Waals surface area contributed by atoms with Crippen LogP contribution in [-0.4, -0.2) is 17.3 Å². The average Bonchev–Trinajstić information content (AvgIpc) is 2.95. The molecule has 1 heterocycles. The number of hydrogen-bond donors (Lipinski definition) is 1. The van der Waals surface area contributed by atoms with E-state index in [4.69, 9.17) is 32.7 Å². The van der Waals surface area contributed by atoms with E-state index >= 15 is 0 Å². The molecule has 1 aromatic heterocycles. The van der Waals surface area contributed by atoms with Gasteiger partial charge in [0.25, 0.3) is 0 Å². The van der Waals surface area contributed by atoms with Crippen molar-refractivity contribution in [1.29, 1.82) is 0 Å². The van der Waals surface area contributed by atoms with Gasteiger partial charge < -0.3 is 9.52 Å². The highest BCUT2D eigenvalue weighted by Gasteiger charge is 2.11. The van der Waals surface area contributed by atoms with E-state index in [0.29, 0.717) is 21.6 Å². The van der Waals surface area contributed by atoms with Crippen molar-refractivity contribution in [2.45, 2.75) is 9.99 Å². The maximum Gasteiger partial charge on any atom is 0.337 e. The van der Waals surface area contributed by atoms with Gasteiger partial charge in [0.2, 0.25) is 0 Å². The lowest BCUT2D eigenvalue weighted by atomic mass is 10.2. The van der Waals surface area contributed by atoms with Gasteiger partial charge in [-0.1, -0.05) is 35.0 Å². The molecule has 3 rings (SSSR count). The summed E-state index contributed by atoms with van der Waals surface area (Å²) in [6.45, 7) is 0. The van der Waals surface area contributed by atoms with E-state index in [-0.39, 0.29) is 10.6 Å². The molecule has 0 aliphatic carbocycles. The molecule has 0 saturated heterocycles. The summed E-state index contributed by atoms with van der Waals surface area (Å²) >= 11 is 16.6. The van der Waals surface area contributed by atoms with Gasteiger partial charge in [0, 0.05) is 16.0 Å². The van der Waals surface area contributed by atoms with Crippen molar-refractivity contribution in [1.82, 2.24) is 0 Å². The van der Waals surface area contributed by atoms with Crippen LogP contribution in [-0.2, 0) is 0 Å². The van der Waals surface area contributed by atoms with Gasteiger partial charge in [0.05, 0.1) is 27.0 Å². The Balaban J connectivity index is 1.78. The SMILES string of the molecule is O=C(O)c1cc(N=Cc2cc(Br)c(Sc3ccc(Cl)cc3)o2)ccc1Cl. The molecule has 0 aliphatic heterocycles. The second kappa shape index (κ2) is 8.31. The Hall–Kier alpha value is -1.73. The van der Waals surface area contributed by atoms with Crippen molar-refractivity contribution in [3.8, 4) is 0 Å². The van der Waals surface area contributed by atoms with Crippen LogP contribution in [0.25, 0.3) is 0 Å². The number of benzene rings is 2. The molecule has 0 spiro atoms. The van der Waals surface area contributed by atoms with Gasteiger partial charge in [-0.05, 0) is 58.4 Å². The second-order valence-corrected chi connectivity index (χ2v) is 7.81. The van der Waals surface area contributed by atoms with E-state index in [1.165, 1.54) is 30.1 Å². The first-order chi connectivity index (χ1) is 12.4. The summed E-state index contributed by atoms with van der Waals surface area (Å²) in [7, 11) is 0. The van der Waals surface area contributed by atoms with Crippen molar-refractivity contribution in [3.63, 3.8) is 0 Å². The van der Waals surface area contributed by atoms with Gasteiger partial charge >= 0.3 is 5.97 Å². The Morgan fingerprint density at radius 2 is 1.88 bits per heavy atom. The number of carbonyl (C=O) groups is 1. The fourth-order valence-electron chi connectivity index (χ4n) is 2.01. The third kappa shape index (κ3) is 4.71. The van der Waals surface area contributed by atoms with Gasteiger partial charge in [-0.2, -0.15) is 0 Å². The molecule has 0 saturated carbocycles. The minimum Gasteiger partial charge on any atom is -0.478 e. The summed E-state index contributed by atoms with van der Waals surface area (Å²) in [5, 5.41) is 10.6. The van der Waals surface area contributed by atoms with Crippen LogP contribution in [0.15, 0.2) is 72.4 Å². The lowest BCUT2D eigenvalue weighted by Crippen LogP contribution is -1.96. The summed E-state index contributed by atoms with van der Waals surface area (Å²) in [6.07, 6.45) is 1.52. The van der Waals surface area contributed by atoms with E-state index in [0.717, 1.165) is 9.37 Å². The maximum absolute atomic E-state index is 11.1. The zero-order valence-corrected chi connectivity index (χ0v) is 16.9. The second-order valence-electron chi connectivity index (χ2n) is 5.07. The molecule has 0 unspecified atom stereocenters. The largest absolute Gasteiger partial charge is 0.478 e. The van der Waals surface area contributed by atoms with E-state index in [1.54, 1.807) is 12.1 Å². The zero-order chi connectivity index (χ0) is 18.7. The first kappa shape index (κ1) is 19.0. The molecule has 4 nitrogen and oxygen atoms in total. The highest BCUT2D eigenvalue weighted by Crippen LogP contribution is 2.36. The monoisotopic (exact) mass is 469 g/mol. The topological polar surface area (TPSA) is 62.8 Å². The third-order valence-electron chi connectivity index (χ3n) is 3.22. The Morgan fingerprint density at radius 3 is 2.58 bits per heavy atom. The predicted octanol–water partition coefficient (Wildman–Crippen LogP) is 6.95. The lowest BCUT2D eigenvalue weighted by molar-refractivity contribution is 0.0697. The van der Waals surface area contributed by atoms with E-state index in [2.05, 4.69) is 20.9 Å². The number of rotatable bonds is 5. The van der Waals surface area contributed by atoms with Gasteiger partial charge in [-0.25, -0.2) is 4.79 Å². The lowest BCUT2D eigenvalue weighted by Gasteiger charge is -2.00. The summed E-state index contributed by atoms with van der Waals surface area (Å²) in [4.78, 5) is 16.3. The quantitative estimate of drug-likeness (QED) is 0.409. The molecular weight excluding hydrogens is 461 g/mol. The van der Waals surface area contributed by atoms with Gasteiger partial charge in [0.15, 0.2) is 5.09 Å². The standard InChI is InChI=1S/C18H10BrCl2NO3S/c19-15-8-12(25-18(15)26-13-4-1-10(20)2-5-13)9-22-11-3-6-16(21)14(7-11)17(23)24/h1-9H,(H,23,24). The molecule has 2 aromatic carbocycles. The van der Waals surface area contributed by atoms with Crippen LogP contribution in [0.1, 0.15) is 16.1 Å². The molecule has 0 amide bonds. The van der Waals surface area contributed by atoms with Crippen LogP contribution in [0.4, 0.5) is 5.69 Å². The smallest absolute Gasteiger partial charge is 0.337 e. The van der Waals surface area contributed by atoms with Crippen molar-refractivity contribution >= 4 is 68.8 Å². The van der Waals surface area contributed by atoms with Crippen molar-refractivity contribution in [3.05, 3.63) is 74.4 Å². The zero-order valence-electron chi connectivity index (χ0n) is 12.9. The van der Waals surface area contributed by atoms with Crippen molar-refractivity contribution in [2.24, 2.45) is 4.99 Å². The third-order valence-corrected chi connectivity index (χ3v) is 5.65. The number of aliphatic imine (C=N–C) groups is 1. The van der Waals surface area contributed by atoms with E-state index in [9.17, 15) is 4.79 Å². The highest BCUT2D eigenvalue weighted by molar-refractivity contribution is 9.10. The Morgan fingerprint density at radius 1 is 1.15 bits per heavy atom. The van der Waals surface area contributed by atoms with Gasteiger partial charge in [-0.3, -0.25) is 4.99 Å². The van der Waals surface area contributed by atoms with Crippen LogP contribution in [0.2, 0.25) is 10.0 Å². The van der Waals surface area contributed by atoms with Crippen LogP contribution in [0.5, 0.6) is 0 Å². The summed E-state index contributed by atoms with van der Waals surface area (Å²) in [6, 6.07) is 13.7. The van der Waals surface area contributed by atoms with Crippen LogP contribution in [0.3, 0.4) is 0 Å². The van der Waals surface area contributed by atoms with Crippen LogP contribution >= 0.6 is 50.9 Å². The number of nitrogens with zero attached hydrogens (tertiary/aromatic N) is 1. The van der Waals surface area contributed by atoms with Crippen molar-refractivity contribution < 1.29 is 14.3 Å². The Kier molecular flexibility index (Phi) is 6.09. The van der Waals surface area contributed by atoms with Gasteiger partial charge in [0.1, 0.15) is 5.76 Å². The van der Waals surface area contributed by atoms with E-state index in [1.807, 2.05) is 24.3 Å². The summed E-state index contributed by atoms with van der Waals surface area (Å²) in [5.41, 5.74) is 0.465. The fraction of sp³-hybridized carbons (Fsp3) is 0. The number of furan rings is 1. The molecular formula is C18H10BrCl2NO3S. The number of halogens is 3. The minimum atomic E-state index is -1.10. The molecule has 0 fully saturated rings. The molecule has 132 valence electrons. The molecule has 0 atom stereocenters. The molecule has 1 N–H and O–H groups in total. The first-order valence-corrected chi connectivity index (χ1v) is 9.58. The molecule has 26 heavy (non-hydrogen) atoms. The number of carboxylic acid groups (broad SMARTS) is 1. The first-order valence-electron chi connectivity index (χ1n) is 7.22. The molecule has 8 heteroatoms. The van der Waals surface area contributed by atoms with E-state index < -0.39 is 5.97 Å². The average molecular weight is 471 g/mol. The summed E-state index contributed by atoms with van der Waals surface area (Å²) in [5.74, 6) is -0.574. The van der Waals surface area contributed by atoms with Gasteiger partial charge in [-0.15, -0.1) is 0 Å². The van der Waals surface area contributed by atoms with Crippen molar-refractivity contribution in [2.75, 3.05) is 0 Å². The molecule has 0 aliphatic rings. The number of aromatic carboxylic acids is 1. The van der Waals surface area contributed by atoms with Crippen LogP contribution < -0.4 is 0 Å². The molecule has 3 aromatic rings. The number of hydrogen-bond acceptors (Lipinski definition) is 4. The minimum absolute atomic E-state index is 0.000857. The summed E-state index contributed by atoms with van der Waals surface area (Å²) < 4.78 is 6.56. The maximum atomic E-state index is 11.1. The fourth-order valence-corrected chi connectivity index (χ4v) is 3.66. The number of carboxylic acids is 1. The van der Waals surface area contributed by atoms with Crippen LogP contribution in [0, 0.1) is 0 Å².